The van der Waals surface area contributed by atoms with E-state index in [2.05, 4.69) is 57.6 Å². The van der Waals surface area contributed by atoms with E-state index in [9.17, 15) is 14.7 Å². The first-order chi connectivity index (χ1) is 16.2. The van der Waals surface area contributed by atoms with Gasteiger partial charge in [-0.3, -0.25) is 4.79 Å². The maximum atomic E-state index is 12.9. The van der Waals surface area contributed by atoms with Gasteiger partial charge in [0.15, 0.2) is 11.2 Å². The molecular formula is C25H27N5O4. The number of aryl methyl sites for hydroxylation is 1. The summed E-state index contributed by atoms with van der Waals surface area (Å²) in [7, 11) is 0. The SMILES string of the molecule is Cc1cc(N2CC[C@](C)(c3ccccc3)C2)cn2nc(C(=O)NC34COC(C(=O)O)(C3)C4)nc12. The van der Waals surface area contributed by atoms with E-state index >= 15 is 0 Å². The number of hydrogen-bond acceptors (Lipinski definition) is 6. The maximum Gasteiger partial charge on any atom is 0.336 e. The first-order valence-electron chi connectivity index (χ1n) is 11.6. The quantitative estimate of drug-likeness (QED) is 0.600. The van der Waals surface area contributed by atoms with Gasteiger partial charge >= 0.3 is 5.97 Å². The van der Waals surface area contributed by atoms with Crippen molar-refractivity contribution in [1.29, 1.82) is 0 Å². The van der Waals surface area contributed by atoms with Crippen LogP contribution in [0.3, 0.4) is 0 Å². The highest BCUT2D eigenvalue weighted by Crippen LogP contribution is 2.51. The predicted molar refractivity (Wildman–Crippen MR) is 124 cm³/mol. The number of hydrogen-bond donors (Lipinski definition) is 2. The van der Waals surface area contributed by atoms with E-state index in [0.29, 0.717) is 5.65 Å². The Bertz CT molecular complexity index is 1310. The van der Waals surface area contributed by atoms with E-state index in [-0.39, 0.29) is 30.7 Å². The van der Waals surface area contributed by atoms with Crippen LogP contribution in [0.4, 0.5) is 5.69 Å². The van der Waals surface area contributed by atoms with Gasteiger partial charge in [-0.15, -0.1) is 5.10 Å². The van der Waals surface area contributed by atoms with E-state index < -0.39 is 23.0 Å². The number of rotatable bonds is 5. The largest absolute Gasteiger partial charge is 0.479 e. The van der Waals surface area contributed by atoms with Crippen LogP contribution in [0.15, 0.2) is 42.6 Å². The number of carbonyl (C=O) groups is 2. The Labute approximate surface area is 196 Å². The highest BCUT2D eigenvalue weighted by atomic mass is 16.5. The van der Waals surface area contributed by atoms with Crippen LogP contribution in [-0.2, 0) is 14.9 Å². The Morgan fingerprint density at radius 2 is 1.97 bits per heavy atom. The normalized spacial score (nSPS) is 29.9. The summed E-state index contributed by atoms with van der Waals surface area (Å²) in [5, 5.41) is 16.7. The van der Waals surface area contributed by atoms with Gasteiger partial charge in [0.05, 0.1) is 24.0 Å². The molecular weight excluding hydrogens is 434 g/mol. The molecule has 0 radical (unpaired) electrons. The molecule has 9 heteroatoms. The van der Waals surface area contributed by atoms with Crippen molar-refractivity contribution in [2.45, 2.75) is 49.7 Å². The molecule has 1 aliphatic carbocycles. The Balaban J connectivity index is 1.22. The maximum absolute atomic E-state index is 12.9. The van der Waals surface area contributed by atoms with Crippen LogP contribution in [-0.4, -0.2) is 62.4 Å². The van der Waals surface area contributed by atoms with Gasteiger partial charge < -0.3 is 20.1 Å². The molecule has 1 saturated carbocycles. The van der Waals surface area contributed by atoms with Crippen LogP contribution in [0.25, 0.3) is 5.65 Å². The standard InChI is InChI=1S/C25H27N5O4/c1-16-10-18(29-9-8-23(2,14-29)17-6-4-3-5-7-17)11-30-20(16)26-19(28-30)21(31)27-24-12-25(13-24,22(32)33)34-15-24/h3-7,10-11H,8-9,12-15H2,1-2H3,(H,27,31)(H,32,33)/t23-,24?,25?/m0/s1. The third-order valence-corrected chi connectivity index (χ3v) is 7.76. The van der Waals surface area contributed by atoms with Gasteiger partial charge in [-0.2, -0.15) is 0 Å². The number of carbonyl (C=O) groups excluding carboxylic acids is 1. The van der Waals surface area contributed by atoms with Crippen LogP contribution < -0.4 is 10.2 Å². The Morgan fingerprint density at radius 3 is 2.68 bits per heavy atom. The Kier molecular flexibility index (Phi) is 4.36. The van der Waals surface area contributed by atoms with Crippen molar-refractivity contribution in [1.82, 2.24) is 19.9 Å². The van der Waals surface area contributed by atoms with Crippen molar-refractivity contribution in [2.24, 2.45) is 0 Å². The number of carboxylic acids is 1. The number of fused-ring (bicyclic) bond motifs is 2. The lowest BCUT2D eigenvalue weighted by molar-refractivity contribution is -0.162. The smallest absolute Gasteiger partial charge is 0.336 e. The van der Waals surface area contributed by atoms with E-state index in [1.165, 1.54) is 5.56 Å². The molecule has 9 nitrogen and oxygen atoms in total. The van der Waals surface area contributed by atoms with E-state index in [4.69, 9.17) is 4.74 Å². The molecule has 34 heavy (non-hydrogen) atoms. The molecule has 1 atom stereocenters. The summed E-state index contributed by atoms with van der Waals surface area (Å²) >= 11 is 0. The zero-order valence-electron chi connectivity index (χ0n) is 19.2. The van der Waals surface area contributed by atoms with E-state index in [1.807, 2.05) is 19.2 Å². The summed E-state index contributed by atoms with van der Waals surface area (Å²) in [5.41, 5.74) is 2.23. The fourth-order valence-electron chi connectivity index (χ4n) is 5.81. The van der Waals surface area contributed by atoms with Crippen LogP contribution in [0.2, 0.25) is 0 Å². The fraction of sp³-hybridized carbons (Fsp3) is 0.440. The molecule has 4 aliphatic rings. The lowest BCUT2D eigenvalue weighted by Gasteiger charge is -2.41. The molecule has 4 fully saturated rings. The minimum atomic E-state index is -1.16. The van der Waals surface area contributed by atoms with Gasteiger partial charge in [0.1, 0.15) is 0 Å². The second-order valence-electron chi connectivity index (χ2n) is 10.4. The molecule has 176 valence electrons. The van der Waals surface area contributed by atoms with Crippen LogP contribution in [0.1, 0.15) is 47.9 Å². The summed E-state index contributed by atoms with van der Waals surface area (Å²) in [6.45, 7) is 6.30. The zero-order chi connectivity index (χ0) is 23.7. The number of anilines is 1. The lowest BCUT2D eigenvalue weighted by Crippen LogP contribution is -2.62. The van der Waals surface area contributed by atoms with Gasteiger partial charge in [0, 0.05) is 31.3 Å². The highest BCUT2D eigenvalue weighted by molar-refractivity contribution is 5.92. The molecule has 2 N–H and O–H groups in total. The van der Waals surface area contributed by atoms with Gasteiger partial charge in [0.2, 0.25) is 5.82 Å². The lowest BCUT2D eigenvalue weighted by atomic mass is 9.68. The Morgan fingerprint density at radius 1 is 1.21 bits per heavy atom. The number of aromatic nitrogens is 3. The second-order valence-corrected chi connectivity index (χ2v) is 10.4. The van der Waals surface area contributed by atoms with E-state index in [0.717, 1.165) is 30.8 Å². The molecule has 3 saturated heterocycles. The molecule has 7 rings (SSSR count). The van der Waals surface area contributed by atoms with Gasteiger partial charge in [-0.1, -0.05) is 37.3 Å². The number of ether oxygens (including phenoxy) is 1. The first-order valence-corrected chi connectivity index (χ1v) is 11.6. The molecule has 1 amide bonds. The zero-order valence-corrected chi connectivity index (χ0v) is 19.2. The molecule has 3 aliphatic heterocycles. The molecule has 2 bridgehead atoms. The number of nitrogens with zero attached hydrogens (tertiary/aromatic N) is 4. The second kappa shape index (κ2) is 7.02. The molecule has 0 unspecified atom stereocenters. The summed E-state index contributed by atoms with van der Waals surface area (Å²) in [6, 6.07) is 12.7. The third kappa shape index (κ3) is 3.10. The summed E-state index contributed by atoms with van der Waals surface area (Å²) < 4.78 is 7.12. The molecule has 3 aromatic rings. The van der Waals surface area contributed by atoms with Crippen LogP contribution in [0.5, 0.6) is 0 Å². The van der Waals surface area contributed by atoms with Gasteiger partial charge in [-0.25, -0.2) is 14.3 Å². The van der Waals surface area contributed by atoms with Crippen molar-refractivity contribution in [3.05, 3.63) is 59.5 Å². The number of nitrogens with one attached hydrogen (secondary N) is 1. The predicted octanol–water partition coefficient (Wildman–Crippen LogP) is 2.32. The number of benzene rings is 1. The van der Waals surface area contributed by atoms with Crippen LogP contribution >= 0.6 is 0 Å². The minimum Gasteiger partial charge on any atom is -0.479 e. The van der Waals surface area contributed by atoms with Crippen LogP contribution in [0, 0.1) is 6.92 Å². The van der Waals surface area contributed by atoms with Crippen molar-refractivity contribution in [2.75, 3.05) is 24.6 Å². The molecule has 0 spiro atoms. The number of carboxylic acid groups (broad SMARTS) is 1. The van der Waals surface area contributed by atoms with Gasteiger partial charge in [-0.05, 0) is 30.5 Å². The van der Waals surface area contributed by atoms with Gasteiger partial charge in [0.25, 0.3) is 5.91 Å². The third-order valence-electron chi connectivity index (χ3n) is 7.76. The van der Waals surface area contributed by atoms with Crippen molar-refractivity contribution >= 4 is 23.2 Å². The number of aliphatic carboxylic acids is 1. The highest BCUT2D eigenvalue weighted by Gasteiger charge is 2.67. The molecule has 5 heterocycles. The number of pyridine rings is 1. The van der Waals surface area contributed by atoms with Crippen molar-refractivity contribution in [3.8, 4) is 0 Å². The van der Waals surface area contributed by atoms with Crippen molar-refractivity contribution < 1.29 is 19.4 Å². The molecule has 1 aromatic carbocycles. The topological polar surface area (TPSA) is 109 Å². The van der Waals surface area contributed by atoms with E-state index in [1.54, 1.807) is 4.52 Å². The summed E-state index contributed by atoms with van der Waals surface area (Å²) in [5.74, 6) is -1.31. The number of amides is 1. The average molecular weight is 462 g/mol. The minimum absolute atomic E-state index is 0.0740. The monoisotopic (exact) mass is 461 g/mol. The summed E-state index contributed by atoms with van der Waals surface area (Å²) in [6.07, 6.45) is 3.53. The fourth-order valence-corrected chi connectivity index (χ4v) is 5.81. The Hall–Kier alpha value is -3.46. The average Bonchev–Trinajstić information content (AvgIpc) is 3.56. The summed E-state index contributed by atoms with van der Waals surface area (Å²) in [4.78, 5) is 31.1. The molecule has 2 aromatic heterocycles. The first kappa shape index (κ1) is 21.1. The van der Waals surface area contributed by atoms with Crippen molar-refractivity contribution in [3.63, 3.8) is 0 Å².